The first-order chi connectivity index (χ1) is 12.5. The van der Waals surface area contributed by atoms with Crippen molar-refractivity contribution < 1.29 is 9.59 Å². The number of anilines is 2. The molecule has 1 aromatic rings. The van der Waals surface area contributed by atoms with Crippen LogP contribution in [-0.2, 0) is 4.79 Å². The molecule has 2 aliphatic rings. The van der Waals surface area contributed by atoms with Crippen molar-refractivity contribution >= 4 is 23.2 Å². The third-order valence-corrected chi connectivity index (χ3v) is 5.65. The molecule has 1 aromatic carbocycles. The fraction of sp³-hybridized carbons (Fsp3) is 0.600. The number of amides is 2. The first-order valence-electron chi connectivity index (χ1n) is 9.74. The Hall–Kier alpha value is -2.08. The molecule has 0 bridgehead atoms. The summed E-state index contributed by atoms with van der Waals surface area (Å²) < 4.78 is 0. The molecule has 2 fully saturated rings. The summed E-state index contributed by atoms with van der Waals surface area (Å²) in [5.74, 6) is 0.405. The molecule has 6 heteroatoms. The molecule has 2 heterocycles. The highest BCUT2D eigenvalue weighted by atomic mass is 16.2. The molecule has 0 spiro atoms. The number of primary amides is 1. The van der Waals surface area contributed by atoms with E-state index in [0.29, 0.717) is 29.5 Å². The average Bonchev–Trinajstić information content (AvgIpc) is 3.16. The number of nitrogens with one attached hydrogen (secondary N) is 2. The molecule has 4 N–H and O–H groups in total. The van der Waals surface area contributed by atoms with Crippen LogP contribution >= 0.6 is 0 Å². The Morgan fingerprint density at radius 2 is 2.08 bits per heavy atom. The van der Waals surface area contributed by atoms with Gasteiger partial charge in [0.1, 0.15) is 0 Å². The van der Waals surface area contributed by atoms with Gasteiger partial charge in [0.15, 0.2) is 0 Å². The fourth-order valence-corrected chi connectivity index (χ4v) is 4.05. The summed E-state index contributed by atoms with van der Waals surface area (Å²) in [5.41, 5.74) is 7.52. The highest BCUT2D eigenvalue weighted by molar-refractivity contribution is 5.99. The van der Waals surface area contributed by atoms with E-state index in [4.69, 9.17) is 5.73 Å². The van der Waals surface area contributed by atoms with Crippen LogP contribution in [0, 0.1) is 11.8 Å². The van der Waals surface area contributed by atoms with Gasteiger partial charge in [-0.1, -0.05) is 6.92 Å². The van der Waals surface area contributed by atoms with Crippen LogP contribution in [0.1, 0.15) is 49.4 Å². The quantitative estimate of drug-likeness (QED) is 0.728. The lowest BCUT2D eigenvalue weighted by molar-refractivity contribution is -0.117. The van der Waals surface area contributed by atoms with Crippen molar-refractivity contribution in [3.63, 3.8) is 0 Å². The molecule has 142 valence electrons. The summed E-state index contributed by atoms with van der Waals surface area (Å²) in [6.45, 7) is 6.17. The van der Waals surface area contributed by atoms with Crippen LogP contribution in [0.15, 0.2) is 18.2 Å². The van der Waals surface area contributed by atoms with Crippen LogP contribution in [0.3, 0.4) is 0 Å². The fourth-order valence-electron chi connectivity index (χ4n) is 4.05. The topological polar surface area (TPSA) is 87.5 Å². The van der Waals surface area contributed by atoms with E-state index in [0.717, 1.165) is 44.7 Å². The normalized spacial score (nSPS) is 21.4. The Kier molecular flexibility index (Phi) is 6.14. The summed E-state index contributed by atoms with van der Waals surface area (Å²) in [7, 11) is 0. The third-order valence-electron chi connectivity index (χ3n) is 5.65. The van der Waals surface area contributed by atoms with Gasteiger partial charge >= 0.3 is 0 Å². The Labute approximate surface area is 155 Å². The average molecular weight is 358 g/mol. The van der Waals surface area contributed by atoms with Crippen molar-refractivity contribution in [1.82, 2.24) is 5.32 Å². The zero-order valence-corrected chi connectivity index (χ0v) is 15.6. The molecule has 0 aliphatic carbocycles. The van der Waals surface area contributed by atoms with Crippen molar-refractivity contribution in [2.45, 2.75) is 39.0 Å². The molecule has 3 rings (SSSR count). The lowest BCUT2D eigenvalue weighted by atomic mass is 9.85. The summed E-state index contributed by atoms with van der Waals surface area (Å²) >= 11 is 0. The van der Waals surface area contributed by atoms with E-state index in [1.807, 2.05) is 6.07 Å². The first-order valence-corrected chi connectivity index (χ1v) is 9.74. The van der Waals surface area contributed by atoms with Crippen LogP contribution in [0.2, 0.25) is 0 Å². The maximum absolute atomic E-state index is 12.6. The van der Waals surface area contributed by atoms with Crippen LogP contribution < -0.4 is 21.3 Å². The second-order valence-electron chi connectivity index (χ2n) is 7.63. The number of hydrogen-bond acceptors (Lipinski definition) is 4. The van der Waals surface area contributed by atoms with Gasteiger partial charge in [0.25, 0.3) is 0 Å². The van der Waals surface area contributed by atoms with E-state index < -0.39 is 5.91 Å². The first kappa shape index (κ1) is 18.7. The minimum absolute atomic E-state index is 0.00476. The molecule has 0 saturated carbocycles. The Morgan fingerprint density at radius 1 is 1.31 bits per heavy atom. The summed E-state index contributed by atoms with van der Waals surface area (Å²) in [6, 6.07) is 5.35. The van der Waals surface area contributed by atoms with Gasteiger partial charge < -0.3 is 21.3 Å². The van der Waals surface area contributed by atoms with E-state index in [1.54, 1.807) is 12.1 Å². The summed E-state index contributed by atoms with van der Waals surface area (Å²) in [4.78, 5) is 26.5. The van der Waals surface area contributed by atoms with Gasteiger partial charge in [-0.3, -0.25) is 9.59 Å². The SMILES string of the molecule is CC(CC(=O)Nc1cc(C(N)=O)ccc1N1CCCC1)C1CCCNC1. The van der Waals surface area contributed by atoms with E-state index in [1.165, 1.54) is 12.8 Å². The van der Waals surface area contributed by atoms with Crippen molar-refractivity contribution in [1.29, 1.82) is 0 Å². The van der Waals surface area contributed by atoms with Gasteiger partial charge in [-0.05, 0) is 68.8 Å². The monoisotopic (exact) mass is 358 g/mol. The van der Waals surface area contributed by atoms with Gasteiger partial charge in [0.05, 0.1) is 11.4 Å². The van der Waals surface area contributed by atoms with Gasteiger partial charge in [0.2, 0.25) is 11.8 Å². The van der Waals surface area contributed by atoms with E-state index >= 15 is 0 Å². The zero-order chi connectivity index (χ0) is 18.5. The molecular weight excluding hydrogens is 328 g/mol. The van der Waals surface area contributed by atoms with Gasteiger partial charge in [0, 0.05) is 25.1 Å². The molecule has 0 aromatic heterocycles. The smallest absolute Gasteiger partial charge is 0.248 e. The number of rotatable bonds is 6. The van der Waals surface area contributed by atoms with E-state index in [-0.39, 0.29) is 5.91 Å². The highest BCUT2D eigenvalue weighted by Gasteiger charge is 2.23. The molecule has 2 saturated heterocycles. The summed E-state index contributed by atoms with van der Waals surface area (Å²) in [5, 5.41) is 6.46. The Balaban J connectivity index is 1.70. The predicted octanol–water partition coefficient (Wildman–Crippen LogP) is 2.35. The van der Waals surface area contributed by atoms with E-state index in [9.17, 15) is 9.59 Å². The molecule has 0 radical (unpaired) electrons. The number of nitrogens with two attached hydrogens (primary N) is 1. The van der Waals surface area contributed by atoms with Crippen LogP contribution in [0.25, 0.3) is 0 Å². The lowest BCUT2D eigenvalue weighted by Crippen LogP contribution is -2.34. The number of carbonyl (C=O) groups is 2. The Bertz CT molecular complexity index is 649. The van der Waals surface area contributed by atoms with Crippen LogP contribution in [0.4, 0.5) is 11.4 Å². The van der Waals surface area contributed by atoms with Gasteiger partial charge in [-0.25, -0.2) is 0 Å². The number of piperidine rings is 1. The van der Waals surface area contributed by atoms with Crippen LogP contribution in [0.5, 0.6) is 0 Å². The molecule has 2 unspecified atom stereocenters. The molecule has 2 atom stereocenters. The third kappa shape index (κ3) is 4.55. The molecular formula is C20H30N4O2. The predicted molar refractivity (Wildman–Crippen MR) is 104 cm³/mol. The maximum Gasteiger partial charge on any atom is 0.248 e. The van der Waals surface area contributed by atoms with Gasteiger partial charge in [-0.2, -0.15) is 0 Å². The standard InChI is InChI=1S/C20H30N4O2/c1-14(16-5-4-8-22-13-16)11-19(25)23-17-12-15(20(21)26)6-7-18(17)24-9-2-3-10-24/h6-7,12,14,16,22H,2-5,8-11,13H2,1H3,(H2,21,26)(H,23,25). The minimum Gasteiger partial charge on any atom is -0.370 e. The Morgan fingerprint density at radius 3 is 2.73 bits per heavy atom. The summed E-state index contributed by atoms with van der Waals surface area (Å²) in [6.07, 6.45) is 5.15. The number of carbonyl (C=O) groups excluding carboxylic acids is 2. The molecule has 2 amide bonds. The largest absolute Gasteiger partial charge is 0.370 e. The second-order valence-corrected chi connectivity index (χ2v) is 7.63. The lowest BCUT2D eigenvalue weighted by Gasteiger charge is -2.28. The molecule has 2 aliphatic heterocycles. The van der Waals surface area contributed by atoms with Crippen molar-refractivity contribution in [3.8, 4) is 0 Å². The second kappa shape index (κ2) is 8.54. The van der Waals surface area contributed by atoms with Crippen molar-refractivity contribution in [2.75, 3.05) is 36.4 Å². The number of hydrogen-bond donors (Lipinski definition) is 3. The van der Waals surface area contributed by atoms with Gasteiger partial charge in [-0.15, -0.1) is 0 Å². The minimum atomic E-state index is -0.477. The number of nitrogens with zero attached hydrogens (tertiary/aromatic N) is 1. The maximum atomic E-state index is 12.6. The molecule has 26 heavy (non-hydrogen) atoms. The van der Waals surface area contributed by atoms with Crippen LogP contribution in [-0.4, -0.2) is 38.0 Å². The van der Waals surface area contributed by atoms with E-state index in [2.05, 4.69) is 22.5 Å². The van der Waals surface area contributed by atoms with Crippen molar-refractivity contribution in [2.24, 2.45) is 17.6 Å². The highest BCUT2D eigenvalue weighted by Crippen LogP contribution is 2.31. The molecule has 6 nitrogen and oxygen atoms in total. The number of benzene rings is 1. The van der Waals surface area contributed by atoms with Crippen molar-refractivity contribution in [3.05, 3.63) is 23.8 Å². The zero-order valence-electron chi connectivity index (χ0n) is 15.6.